The standard InChI is InChI=1S/C20H27N3/c1-20(2,3)18-11-7-10-17(13-18)16-9-6-8-15(12-16)14-22-19(21)23(4)5/h6-13H,14H2,1-5H3,(H2,21,22). The summed E-state index contributed by atoms with van der Waals surface area (Å²) < 4.78 is 0. The first kappa shape index (κ1) is 17.1. The van der Waals surface area contributed by atoms with Gasteiger partial charge < -0.3 is 10.2 Å². The van der Waals surface area contributed by atoms with Crippen molar-refractivity contribution >= 4 is 5.96 Å². The van der Waals surface area contributed by atoms with E-state index in [2.05, 4.69) is 74.6 Å². The van der Waals surface area contributed by atoms with Gasteiger partial charge in [0.05, 0.1) is 0 Å². The lowest BCUT2D eigenvalue weighted by molar-refractivity contribution is 0.578. The highest BCUT2D eigenvalue weighted by atomic mass is 15.2. The second-order valence-electron chi connectivity index (χ2n) is 7.13. The van der Waals surface area contributed by atoms with Crippen molar-refractivity contribution in [3.05, 3.63) is 59.7 Å². The molecule has 23 heavy (non-hydrogen) atoms. The van der Waals surface area contributed by atoms with Crippen molar-refractivity contribution in [2.75, 3.05) is 14.1 Å². The molecule has 0 aliphatic carbocycles. The van der Waals surface area contributed by atoms with Gasteiger partial charge in [-0.15, -0.1) is 0 Å². The van der Waals surface area contributed by atoms with E-state index in [-0.39, 0.29) is 5.41 Å². The summed E-state index contributed by atoms with van der Waals surface area (Å²) in [6, 6.07) is 17.2. The third-order valence-electron chi connectivity index (χ3n) is 3.90. The van der Waals surface area contributed by atoms with Crippen LogP contribution in [0.3, 0.4) is 0 Å². The lowest BCUT2D eigenvalue weighted by atomic mass is 9.85. The van der Waals surface area contributed by atoms with Crippen molar-refractivity contribution in [1.82, 2.24) is 10.2 Å². The van der Waals surface area contributed by atoms with E-state index >= 15 is 0 Å². The largest absolute Gasteiger partial charge is 0.352 e. The highest BCUT2D eigenvalue weighted by Crippen LogP contribution is 2.27. The van der Waals surface area contributed by atoms with Gasteiger partial charge in [-0.25, -0.2) is 0 Å². The molecule has 122 valence electrons. The average molecular weight is 309 g/mol. The fourth-order valence-corrected chi connectivity index (χ4v) is 2.37. The molecular formula is C20H27N3. The molecule has 0 unspecified atom stereocenters. The second-order valence-corrected chi connectivity index (χ2v) is 7.13. The van der Waals surface area contributed by atoms with Crippen LogP contribution >= 0.6 is 0 Å². The lowest BCUT2D eigenvalue weighted by Gasteiger charge is -2.20. The Morgan fingerprint density at radius 2 is 1.61 bits per heavy atom. The number of hydrogen-bond acceptors (Lipinski definition) is 1. The zero-order chi connectivity index (χ0) is 17.0. The maximum atomic E-state index is 7.82. The predicted octanol–water partition coefficient (Wildman–Crippen LogP) is 4.24. The summed E-state index contributed by atoms with van der Waals surface area (Å²) in [5.74, 6) is 0.421. The van der Waals surface area contributed by atoms with Crippen LogP contribution in [-0.4, -0.2) is 25.0 Å². The number of hydrogen-bond donors (Lipinski definition) is 2. The van der Waals surface area contributed by atoms with Crippen molar-refractivity contribution in [3.8, 4) is 11.1 Å². The molecule has 0 aliphatic rings. The zero-order valence-corrected chi connectivity index (χ0v) is 14.8. The van der Waals surface area contributed by atoms with Crippen LogP contribution in [0.15, 0.2) is 48.5 Å². The summed E-state index contributed by atoms with van der Waals surface area (Å²) >= 11 is 0. The van der Waals surface area contributed by atoms with Crippen LogP contribution in [0.1, 0.15) is 31.9 Å². The zero-order valence-electron chi connectivity index (χ0n) is 14.8. The van der Waals surface area contributed by atoms with Gasteiger partial charge in [-0.1, -0.05) is 63.2 Å². The molecule has 0 radical (unpaired) electrons. The van der Waals surface area contributed by atoms with Gasteiger partial charge in [0.25, 0.3) is 0 Å². The molecule has 0 heterocycles. The third kappa shape index (κ3) is 4.59. The number of nitrogens with one attached hydrogen (secondary N) is 2. The van der Waals surface area contributed by atoms with E-state index in [0.717, 1.165) is 0 Å². The van der Waals surface area contributed by atoms with E-state index in [0.29, 0.717) is 12.5 Å². The predicted molar refractivity (Wildman–Crippen MR) is 98.8 cm³/mol. The first-order valence-corrected chi connectivity index (χ1v) is 7.97. The summed E-state index contributed by atoms with van der Waals surface area (Å²) in [4.78, 5) is 1.76. The Bertz CT molecular complexity index is 681. The van der Waals surface area contributed by atoms with Crippen molar-refractivity contribution in [3.63, 3.8) is 0 Å². The first-order valence-electron chi connectivity index (χ1n) is 7.97. The molecule has 0 amide bonds. The molecule has 0 saturated heterocycles. The fourth-order valence-electron chi connectivity index (χ4n) is 2.37. The molecule has 0 saturated carbocycles. The van der Waals surface area contributed by atoms with Crippen LogP contribution in [0, 0.1) is 5.41 Å². The molecule has 2 N–H and O–H groups in total. The van der Waals surface area contributed by atoms with Crippen molar-refractivity contribution < 1.29 is 0 Å². The number of rotatable bonds is 3. The highest BCUT2D eigenvalue weighted by molar-refractivity contribution is 5.76. The summed E-state index contributed by atoms with van der Waals surface area (Å²) in [7, 11) is 3.73. The minimum absolute atomic E-state index is 0.149. The molecule has 0 bridgehead atoms. The van der Waals surface area contributed by atoms with Crippen LogP contribution < -0.4 is 5.32 Å². The van der Waals surface area contributed by atoms with Gasteiger partial charge in [-0.3, -0.25) is 5.41 Å². The fraction of sp³-hybridized carbons (Fsp3) is 0.350. The quantitative estimate of drug-likeness (QED) is 0.657. The van der Waals surface area contributed by atoms with Gasteiger partial charge in [0.2, 0.25) is 0 Å². The van der Waals surface area contributed by atoms with Gasteiger partial charge >= 0.3 is 0 Å². The third-order valence-corrected chi connectivity index (χ3v) is 3.90. The summed E-state index contributed by atoms with van der Waals surface area (Å²) in [6.45, 7) is 7.36. The topological polar surface area (TPSA) is 39.1 Å². The number of guanidine groups is 1. The summed E-state index contributed by atoms with van der Waals surface area (Å²) in [6.07, 6.45) is 0. The maximum absolute atomic E-state index is 7.82. The Morgan fingerprint density at radius 1 is 1.00 bits per heavy atom. The molecule has 3 nitrogen and oxygen atoms in total. The second kappa shape index (κ2) is 6.86. The molecule has 2 aromatic carbocycles. The van der Waals surface area contributed by atoms with Crippen LogP contribution in [0.4, 0.5) is 0 Å². The van der Waals surface area contributed by atoms with E-state index < -0.39 is 0 Å². The maximum Gasteiger partial charge on any atom is 0.190 e. The molecule has 0 aromatic heterocycles. The van der Waals surface area contributed by atoms with Crippen molar-refractivity contribution in [2.45, 2.75) is 32.7 Å². The molecule has 0 spiro atoms. The van der Waals surface area contributed by atoms with E-state index in [1.165, 1.54) is 22.3 Å². The van der Waals surface area contributed by atoms with Crippen molar-refractivity contribution in [2.24, 2.45) is 0 Å². The Hall–Kier alpha value is -2.29. The summed E-state index contributed by atoms with van der Waals surface area (Å²) in [5.41, 5.74) is 5.12. The Labute approximate surface area is 139 Å². The van der Waals surface area contributed by atoms with Crippen molar-refractivity contribution in [1.29, 1.82) is 5.41 Å². The van der Waals surface area contributed by atoms with Gasteiger partial charge in [-0.2, -0.15) is 0 Å². The molecule has 3 heteroatoms. The van der Waals surface area contributed by atoms with E-state index in [1.54, 1.807) is 4.90 Å². The molecule has 2 aromatic rings. The van der Waals surface area contributed by atoms with Gasteiger partial charge in [0.15, 0.2) is 5.96 Å². The number of nitrogens with zero attached hydrogens (tertiary/aromatic N) is 1. The van der Waals surface area contributed by atoms with Crippen LogP contribution in [-0.2, 0) is 12.0 Å². The van der Waals surface area contributed by atoms with E-state index in [4.69, 9.17) is 5.41 Å². The van der Waals surface area contributed by atoms with Crippen LogP contribution in [0.2, 0.25) is 0 Å². The molecule has 0 fully saturated rings. The molecule has 0 aliphatic heterocycles. The SMILES string of the molecule is CN(C)C(=N)NCc1cccc(-c2cccc(C(C)(C)C)c2)c1. The molecule has 2 rings (SSSR count). The highest BCUT2D eigenvalue weighted by Gasteiger charge is 2.14. The summed E-state index contributed by atoms with van der Waals surface area (Å²) in [5, 5.41) is 10.9. The first-order chi connectivity index (χ1) is 10.8. The normalized spacial score (nSPS) is 11.2. The minimum atomic E-state index is 0.149. The lowest BCUT2D eigenvalue weighted by Crippen LogP contribution is -2.34. The Morgan fingerprint density at radius 3 is 2.22 bits per heavy atom. The number of benzene rings is 2. The average Bonchev–Trinajstić information content (AvgIpc) is 2.52. The van der Waals surface area contributed by atoms with Gasteiger partial charge in [-0.05, 0) is 33.7 Å². The van der Waals surface area contributed by atoms with Gasteiger partial charge in [0.1, 0.15) is 0 Å². The Kier molecular flexibility index (Phi) is 5.09. The molecular weight excluding hydrogens is 282 g/mol. The van der Waals surface area contributed by atoms with Crippen LogP contribution in [0.5, 0.6) is 0 Å². The smallest absolute Gasteiger partial charge is 0.190 e. The molecule has 0 atom stereocenters. The minimum Gasteiger partial charge on any atom is -0.352 e. The van der Waals surface area contributed by atoms with Gasteiger partial charge in [0, 0.05) is 20.6 Å². The van der Waals surface area contributed by atoms with E-state index in [1.807, 2.05) is 14.1 Å². The van der Waals surface area contributed by atoms with E-state index in [9.17, 15) is 0 Å². The monoisotopic (exact) mass is 309 g/mol. The van der Waals surface area contributed by atoms with Crippen LogP contribution in [0.25, 0.3) is 11.1 Å². The Balaban J connectivity index is 2.21.